The Kier molecular flexibility index (Phi) is 7.96. The van der Waals surface area contributed by atoms with Gasteiger partial charge in [0.25, 0.3) is 0 Å². The van der Waals surface area contributed by atoms with E-state index in [1.807, 2.05) is 0 Å². The van der Waals surface area contributed by atoms with Gasteiger partial charge in [-0.1, -0.05) is 26.2 Å². The molecule has 0 aromatic rings. The summed E-state index contributed by atoms with van der Waals surface area (Å²) in [5.74, 6) is 0. The van der Waals surface area contributed by atoms with Crippen molar-refractivity contribution in [1.82, 2.24) is 0 Å². The molecular weight excluding hydrogens is 140 g/mol. The first kappa shape index (κ1) is 10.9. The fourth-order valence-electron chi connectivity index (χ4n) is 0.885. The molecule has 2 heteroatoms. The topological polar surface area (TPSA) is 29.5 Å². The van der Waals surface area contributed by atoms with Gasteiger partial charge in [0.2, 0.25) is 0 Å². The second-order valence-electron chi connectivity index (χ2n) is 2.98. The second kappa shape index (κ2) is 8.02. The molecule has 0 spiro atoms. The van der Waals surface area contributed by atoms with Crippen LogP contribution in [0.15, 0.2) is 0 Å². The molecular formula is C9H20O2. The number of aliphatic hydroxyl groups excluding tert-OH is 1. The zero-order valence-electron chi connectivity index (χ0n) is 7.68. The average molecular weight is 160 g/mol. The predicted octanol–water partition coefficient (Wildman–Crippen LogP) is 1.96. The maximum atomic E-state index is 8.83. The summed E-state index contributed by atoms with van der Waals surface area (Å²) in [5, 5.41) is 8.83. The highest BCUT2D eigenvalue weighted by molar-refractivity contribution is 4.43. The van der Waals surface area contributed by atoms with Crippen molar-refractivity contribution in [2.75, 3.05) is 13.2 Å². The van der Waals surface area contributed by atoms with Crippen molar-refractivity contribution in [1.29, 1.82) is 0 Å². The summed E-state index contributed by atoms with van der Waals surface area (Å²) in [7, 11) is 0. The van der Waals surface area contributed by atoms with E-state index in [1.54, 1.807) is 6.92 Å². The van der Waals surface area contributed by atoms with Crippen molar-refractivity contribution >= 4 is 0 Å². The van der Waals surface area contributed by atoms with Gasteiger partial charge in [0, 0.05) is 6.61 Å². The Morgan fingerprint density at radius 2 is 2.00 bits per heavy atom. The number of ether oxygens (including phenoxy) is 1. The van der Waals surface area contributed by atoms with Crippen LogP contribution in [0.3, 0.4) is 0 Å². The van der Waals surface area contributed by atoms with Crippen LogP contribution in [-0.2, 0) is 4.74 Å². The summed E-state index contributed by atoms with van der Waals surface area (Å²) in [6, 6.07) is 0. The summed E-state index contributed by atoms with van der Waals surface area (Å²) >= 11 is 0. The van der Waals surface area contributed by atoms with E-state index in [1.165, 1.54) is 19.3 Å². The molecule has 0 radical (unpaired) electrons. The maximum absolute atomic E-state index is 8.83. The number of hydrogen-bond acceptors (Lipinski definition) is 2. The minimum atomic E-state index is -0.318. The Labute approximate surface area is 69.6 Å². The van der Waals surface area contributed by atoms with Gasteiger partial charge in [0.15, 0.2) is 0 Å². The number of hydrogen-bond donors (Lipinski definition) is 1. The first-order valence-corrected chi connectivity index (χ1v) is 4.53. The molecule has 2 nitrogen and oxygen atoms in total. The Bertz CT molecular complexity index is 72.0. The zero-order valence-corrected chi connectivity index (χ0v) is 7.68. The van der Waals surface area contributed by atoms with Gasteiger partial charge in [-0.3, -0.25) is 0 Å². The molecule has 0 rings (SSSR count). The summed E-state index contributed by atoms with van der Waals surface area (Å²) in [4.78, 5) is 0. The Morgan fingerprint density at radius 3 is 2.55 bits per heavy atom. The van der Waals surface area contributed by atoms with E-state index >= 15 is 0 Å². The van der Waals surface area contributed by atoms with E-state index in [9.17, 15) is 0 Å². The monoisotopic (exact) mass is 160 g/mol. The molecule has 0 aliphatic rings. The normalized spacial score (nSPS) is 13.4. The Hall–Kier alpha value is -0.0800. The van der Waals surface area contributed by atoms with E-state index in [2.05, 4.69) is 6.92 Å². The van der Waals surface area contributed by atoms with Gasteiger partial charge in [0.05, 0.1) is 12.7 Å². The van der Waals surface area contributed by atoms with Crippen molar-refractivity contribution in [3.8, 4) is 0 Å². The molecule has 0 saturated heterocycles. The van der Waals surface area contributed by atoms with Crippen LogP contribution in [0, 0.1) is 0 Å². The fraction of sp³-hybridized carbons (Fsp3) is 1.00. The lowest BCUT2D eigenvalue weighted by Crippen LogP contribution is -2.10. The van der Waals surface area contributed by atoms with E-state index in [4.69, 9.17) is 9.84 Å². The Morgan fingerprint density at radius 1 is 1.27 bits per heavy atom. The average Bonchev–Trinajstić information content (AvgIpc) is 1.96. The minimum Gasteiger partial charge on any atom is -0.391 e. The van der Waals surface area contributed by atoms with Crippen LogP contribution in [0.25, 0.3) is 0 Å². The second-order valence-corrected chi connectivity index (χ2v) is 2.98. The molecule has 0 saturated carbocycles. The van der Waals surface area contributed by atoms with Gasteiger partial charge < -0.3 is 9.84 Å². The summed E-state index contributed by atoms with van der Waals surface area (Å²) in [6.45, 7) is 5.21. The Balaban J connectivity index is 2.80. The molecule has 0 fully saturated rings. The summed E-state index contributed by atoms with van der Waals surface area (Å²) in [5.41, 5.74) is 0. The molecule has 0 amide bonds. The molecule has 68 valence electrons. The van der Waals surface area contributed by atoms with Crippen molar-refractivity contribution in [3.63, 3.8) is 0 Å². The van der Waals surface area contributed by atoms with E-state index in [0.717, 1.165) is 13.0 Å². The molecule has 0 aromatic carbocycles. The highest BCUT2D eigenvalue weighted by Gasteiger charge is 1.94. The van der Waals surface area contributed by atoms with Crippen molar-refractivity contribution < 1.29 is 9.84 Å². The maximum Gasteiger partial charge on any atom is 0.0745 e. The van der Waals surface area contributed by atoms with E-state index in [-0.39, 0.29) is 6.10 Å². The van der Waals surface area contributed by atoms with Gasteiger partial charge in [-0.25, -0.2) is 0 Å². The van der Waals surface area contributed by atoms with Crippen LogP contribution in [0.1, 0.15) is 39.5 Å². The largest absolute Gasteiger partial charge is 0.391 e. The van der Waals surface area contributed by atoms with Gasteiger partial charge in [-0.05, 0) is 13.3 Å². The van der Waals surface area contributed by atoms with Crippen LogP contribution in [0.4, 0.5) is 0 Å². The standard InChI is InChI=1S/C9H20O2/c1-3-4-5-6-7-11-8-9(2)10/h9-10H,3-8H2,1-2H3. The molecule has 0 heterocycles. The lowest BCUT2D eigenvalue weighted by molar-refractivity contribution is 0.0445. The lowest BCUT2D eigenvalue weighted by Gasteiger charge is -2.05. The number of aliphatic hydroxyl groups is 1. The third-order valence-corrected chi connectivity index (χ3v) is 1.50. The first-order chi connectivity index (χ1) is 5.27. The van der Waals surface area contributed by atoms with E-state index in [0.29, 0.717) is 6.61 Å². The third kappa shape index (κ3) is 9.92. The van der Waals surface area contributed by atoms with Gasteiger partial charge in [0.1, 0.15) is 0 Å². The number of rotatable bonds is 7. The van der Waals surface area contributed by atoms with Crippen LogP contribution in [-0.4, -0.2) is 24.4 Å². The van der Waals surface area contributed by atoms with Crippen LogP contribution >= 0.6 is 0 Å². The molecule has 1 atom stereocenters. The van der Waals surface area contributed by atoms with Crippen molar-refractivity contribution in [2.24, 2.45) is 0 Å². The highest BCUT2D eigenvalue weighted by Crippen LogP contribution is 1.98. The molecule has 0 aromatic heterocycles. The fourth-order valence-corrected chi connectivity index (χ4v) is 0.885. The zero-order chi connectivity index (χ0) is 8.53. The van der Waals surface area contributed by atoms with Gasteiger partial charge >= 0.3 is 0 Å². The van der Waals surface area contributed by atoms with Crippen molar-refractivity contribution in [2.45, 2.75) is 45.6 Å². The number of unbranched alkanes of at least 4 members (excludes halogenated alkanes) is 3. The molecule has 1 N–H and O–H groups in total. The third-order valence-electron chi connectivity index (χ3n) is 1.50. The van der Waals surface area contributed by atoms with Crippen LogP contribution in [0.5, 0.6) is 0 Å². The SMILES string of the molecule is CCCCCCOCC(C)O. The van der Waals surface area contributed by atoms with Gasteiger partial charge in [-0.15, -0.1) is 0 Å². The van der Waals surface area contributed by atoms with E-state index < -0.39 is 0 Å². The predicted molar refractivity (Wildman–Crippen MR) is 46.6 cm³/mol. The molecule has 0 bridgehead atoms. The van der Waals surface area contributed by atoms with Crippen LogP contribution < -0.4 is 0 Å². The first-order valence-electron chi connectivity index (χ1n) is 4.53. The highest BCUT2D eigenvalue weighted by atomic mass is 16.5. The molecule has 11 heavy (non-hydrogen) atoms. The van der Waals surface area contributed by atoms with Crippen molar-refractivity contribution in [3.05, 3.63) is 0 Å². The quantitative estimate of drug-likeness (QED) is 0.577. The smallest absolute Gasteiger partial charge is 0.0745 e. The minimum absolute atomic E-state index is 0.318. The molecule has 0 aliphatic heterocycles. The molecule has 1 unspecified atom stereocenters. The van der Waals surface area contributed by atoms with Gasteiger partial charge in [-0.2, -0.15) is 0 Å². The summed E-state index contributed by atoms with van der Waals surface area (Å²) < 4.78 is 5.19. The summed E-state index contributed by atoms with van der Waals surface area (Å²) in [6.07, 6.45) is 4.60. The lowest BCUT2D eigenvalue weighted by atomic mass is 10.2. The van der Waals surface area contributed by atoms with Crippen LogP contribution in [0.2, 0.25) is 0 Å². The molecule has 0 aliphatic carbocycles.